The second kappa shape index (κ2) is 9.44. The summed E-state index contributed by atoms with van der Waals surface area (Å²) in [6, 6.07) is 9.30. The molecule has 1 saturated carbocycles. The molecule has 0 heterocycles. The van der Waals surface area contributed by atoms with Crippen LogP contribution in [0.4, 0.5) is 0 Å². The van der Waals surface area contributed by atoms with Crippen molar-refractivity contribution >= 4 is 27.7 Å². The number of carbonyl (C=O) groups excluding carboxylic acids is 1. The van der Waals surface area contributed by atoms with Crippen LogP contribution in [0.15, 0.2) is 30.3 Å². The lowest BCUT2D eigenvalue weighted by molar-refractivity contribution is -0.121. The normalized spacial score (nSPS) is 15.8. The van der Waals surface area contributed by atoms with E-state index in [1.54, 1.807) is 0 Å². The predicted molar refractivity (Wildman–Crippen MR) is 99.4 cm³/mol. The van der Waals surface area contributed by atoms with E-state index in [9.17, 15) is 13.2 Å². The predicted octanol–water partition coefficient (Wildman–Crippen LogP) is 2.24. The van der Waals surface area contributed by atoms with Crippen molar-refractivity contribution in [2.24, 2.45) is 0 Å². The van der Waals surface area contributed by atoms with Crippen molar-refractivity contribution in [3.05, 3.63) is 35.9 Å². The Morgan fingerprint density at radius 3 is 2.54 bits per heavy atom. The van der Waals surface area contributed by atoms with Gasteiger partial charge in [0.25, 0.3) is 0 Å². The van der Waals surface area contributed by atoms with E-state index >= 15 is 0 Å². The van der Waals surface area contributed by atoms with Gasteiger partial charge in [-0.1, -0.05) is 43.2 Å². The minimum absolute atomic E-state index is 0.137. The first-order valence-electron chi connectivity index (χ1n) is 8.32. The fourth-order valence-corrected chi connectivity index (χ4v) is 4.72. The average Bonchev–Trinajstić information content (AvgIpc) is 3.04. The first-order valence-corrected chi connectivity index (χ1v) is 11.2. The lowest BCUT2D eigenvalue weighted by atomic mass is 10.2. The Bertz CT molecular complexity index is 614. The maximum Gasteiger partial charge on any atom is 0.235 e. The van der Waals surface area contributed by atoms with E-state index in [0.29, 0.717) is 6.54 Å². The topological polar surface area (TPSA) is 66.5 Å². The summed E-state index contributed by atoms with van der Waals surface area (Å²) < 4.78 is 25.0. The summed E-state index contributed by atoms with van der Waals surface area (Å²) >= 11 is 1.91. The zero-order valence-electron chi connectivity index (χ0n) is 14.1. The van der Waals surface area contributed by atoms with Crippen LogP contribution in [0.3, 0.4) is 0 Å². The summed E-state index contributed by atoms with van der Waals surface area (Å²) in [5, 5.41) is 3.56. The van der Waals surface area contributed by atoms with Gasteiger partial charge < -0.3 is 5.32 Å². The molecule has 2 rings (SSSR count). The van der Waals surface area contributed by atoms with Crippen molar-refractivity contribution in [3.8, 4) is 0 Å². The molecule has 0 aliphatic heterocycles. The molecule has 1 aliphatic rings. The van der Waals surface area contributed by atoms with Crippen molar-refractivity contribution in [3.63, 3.8) is 0 Å². The molecule has 0 spiro atoms. The van der Waals surface area contributed by atoms with Gasteiger partial charge >= 0.3 is 0 Å². The molecule has 0 atom stereocenters. The van der Waals surface area contributed by atoms with E-state index in [0.717, 1.165) is 22.8 Å². The molecule has 1 amide bonds. The van der Waals surface area contributed by atoms with E-state index in [1.807, 2.05) is 42.1 Å². The minimum atomic E-state index is -3.43. The number of carbonyl (C=O) groups is 1. The maximum atomic E-state index is 12.1. The third-order valence-corrected chi connectivity index (χ3v) is 6.65. The standard InChI is InChI=1S/C17H26N2O3S2/c1-24(21,22)19(13-15-7-3-2-4-8-15)14-17(20)18-11-12-23-16-9-5-6-10-16/h2-4,7-8,16H,5-6,9-14H2,1H3,(H,18,20). The first kappa shape index (κ1) is 19.3. The van der Waals surface area contributed by atoms with Crippen LogP contribution in [0.5, 0.6) is 0 Å². The average molecular weight is 371 g/mol. The summed E-state index contributed by atoms with van der Waals surface area (Å²) in [4.78, 5) is 12.1. The van der Waals surface area contributed by atoms with Gasteiger partial charge in [0.15, 0.2) is 0 Å². The monoisotopic (exact) mass is 370 g/mol. The number of nitrogens with one attached hydrogen (secondary N) is 1. The lowest BCUT2D eigenvalue weighted by Gasteiger charge is -2.19. The second-order valence-corrected chi connectivity index (χ2v) is 9.53. The molecule has 1 N–H and O–H groups in total. The summed E-state index contributed by atoms with van der Waals surface area (Å²) in [5.74, 6) is 0.636. The van der Waals surface area contributed by atoms with Crippen LogP contribution in [0, 0.1) is 0 Å². The minimum Gasteiger partial charge on any atom is -0.354 e. The van der Waals surface area contributed by atoms with Gasteiger partial charge in [-0.2, -0.15) is 16.1 Å². The number of benzene rings is 1. The number of hydrogen-bond acceptors (Lipinski definition) is 4. The molecule has 7 heteroatoms. The van der Waals surface area contributed by atoms with Gasteiger partial charge in [-0.15, -0.1) is 0 Å². The largest absolute Gasteiger partial charge is 0.354 e. The van der Waals surface area contributed by atoms with Gasteiger partial charge in [-0.05, 0) is 18.4 Å². The van der Waals surface area contributed by atoms with Crippen molar-refractivity contribution in [1.29, 1.82) is 0 Å². The first-order chi connectivity index (χ1) is 11.4. The molecule has 5 nitrogen and oxygen atoms in total. The lowest BCUT2D eigenvalue weighted by Crippen LogP contribution is -2.40. The third-order valence-electron chi connectivity index (χ3n) is 4.07. The van der Waals surface area contributed by atoms with Crippen LogP contribution in [0.25, 0.3) is 0 Å². The van der Waals surface area contributed by atoms with E-state index in [-0.39, 0.29) is 19.0 Å². The van der Waals surface area contributed by atoms with Gasteiger partial charge in [0, 0.05) is 24.1 Å². The fourth-order valence-electron chi connectivity index (χ4n) is 2.76. The molecule has 1 fully saturated rings. The van der Waals surface area contributed by atoms with Gasteiger partial charge in [-0.3, -0.25) is 4.79 Å². The van der Waals surface area contributed by atoms with Crippen LogP contribution in [0.1, 0.15) is 31.2 Å². The van der Waals surface area contributed by atoms with Gasteiger partial charge in [-0.25, -0.2) is 8.42 Å². The third kappa shape index (κ3) is 6.83. The molecule has 0 bridgehead atoms. The summed E-state index contributed by atoms with van der Waals surface area (Å²) in [7, 11) is -3.43. The number of thioether (sulfide) groups is 1. The van der Waals surface area contributed by atoms with Gasteiger partial charge in [0.05, 0.1) is 12.8 Å². The Kier molecular flexibility index (Phi) is 7.58. The smallest absolute Gasteiger partial charge is 0.235 e. The Hall–Kier alpha value is -1.05. The summed E-state index contributed by atoms with van der Waals surface area (Å²) in [6.45, 7) is 0.661. The fraction of sp³-hybridized carbons (Fsp3) is 0.588. The highest BCUT2D eigenvalue weighted by atomic mass is 32.2. The van der Waals surface area contributed by atoms with Crippen molar-refractivity contribution in [2.75, 3.05) is 25.1 Å². The molecule has 1 aromatic carbocycles. The number of hydrogen-bond donors (Lipinski definition) is 1. The molecule has 134 valence electrons. The summed E-state index contributed by atoms with van der Waals surface area (Å²) in [6.07, 6.45) is 6.31. The highest BCUT2D eigenvalue weighted by molar-refractivity contribution is 7.99. The number of sulfonamides is 1. The Morgan fingerprint density at radius 2 is 1.92 bits per heavy atom. The van der Waals surface area contributed by atoms with Gasteiger partial charge in [0.2, 0.25) is 15.9 Å². The number of rotatable bonds is 9. The highest BCUT2D eigenvalue weighted by Crippen LogP contribution is 2.28. The van der Waals surface area contributed by atoms with Crippen molar-refractivity contribution in [1.82, 2.24) is 9.62 Å². The Morgan fingerprint density at radius 1 is 1.25 bits per heavy atom. The molecular formula is C17H26N2O3S2. The van der Waals surface area contributed by atoms with E-state index in [2.05, 4.69) is 5.32 Å². The molecule has 0 unspecified atom stereocenters. The van der Waals surface area contributed by atoms with Crippen LogP contribution >= 0.6 is 11.8 Å². The Balaban J connectivity index is 1.77. The molecule has 0 saturated heterocycles. The van der Waals surface area contributed by atoms with Crippen molar-refractivity contribution < 1.29 is 13.2 Å². The second-order valence-electron chi connectivity index (χ2n) is 6.14. The molecule has 0 aromatic heterocycles. The number of nitrogens with zero attached hydrogens (tertiary/aromatic N) is 1. The summed E-state index contributed by atoms with van der Waals surface area (Å²) in [5.41, 5.74) is 0.868. The van der Waals surface area contributed by atoms with E-state index in [4.69, 9.17) is 0 Å². The molecule has 0 radical (unpaired) electrons. The maximum absolute atomic E-state index is 12.1. The molecule has 24 heavy (non-hydrogen) atoms. The van der Waals surface area contributed by atoms with Crippen LogP contribution in [-0.4, -0.2) is 49.0 Å². The molecular weight excluding hydrogens is 344 g/mol. The quantitative estimate of drug-likeness (QED) is 0.677. The van der Waals surface area contributed by atoms with E-state index < -0.39 is 10.0 Å². The van der Waals surface area contributed by atoms with E-state index in [1.165, 1.54) is 30.0 Å². The van der Waals surface area contributed by atoms with Crippen LogP contribution in [-0.2, 0) is 21.4 Å². The molecule has 1 aliphatic carbocycles. The molecule has 1 aromatic rings. The number of amides is 1. The Labute approximate surface area is 149 Å². The highest BCUT2D eigenvalue weighted by Gasteiger charge is 2.20. The zero-order chi connectivity index (χ0) is 17.4. The van der Waals surface area contributed by atoms with Gasteiger partial charge in [0.1, 0.15) is 0 Å². The zero-order valence-corrected chi connectivity index (χ0v) is 15.7. The SMILES string of the molecule is CS(=O)(=O)N(CC(=O)NCCSC1CCCC1)Cc1ccccc1. The van der Waals surface area contributed by atoms with Crippen molar-refractivity contribution in [2.45, 2.75) is 37.5 Å². The van der Waals surface area contributed by atoms with Crippen LogP contribution in [0.2, 0.25) is 0 Å². The van der Waals surface area contributed by atoms with Crippen LogP contribution < -0.4 is 5.32 Å².